The van der Waals surface area contributed by atoms with Crippen LogP contribution >= 0.6 is 0 Å². The number of benzene rings is 2. The lowest BCUT2D eigenvalue weighted by atomic mass is 10.1. The van der Waals surface area contributed by atoms with Crippen molar-refractivity contribution >= 4 is 11.4 Å². The van der Waals surface area contributed by atoms with Crippen LogP contribution in [0.1, 0.15) is 11.1 Å². The lowest BCUT2D eigenvalue weighted by Crippen LogP contribution is -2.12. The average Bonchev–Trinajstić information content (AvgIpc) is 2.91. The normalized spacial score (nSPS) is 12.9. The molecule has 0 bridgehead atoms. The lowest BCUT2D eigenvalue weighted by Gasteiger charge is -2.18. The summed E-state index contributed by atoms with van der Waals surface area (Å²) in [5, 5.41) is 0. The summed E-state index contributed by atoms with van der Waals surface area (Å²) in [7, 11) is 3.30. The SMILES string of the molecule is C=C=C1c2cc(OC)c(OC)cc2CN1c1ccccc1. The highest BCUT2D eigenvalue weighted by atomic mass is 16.5. The second kappa shape index (κ2) is 5.39. The van der Waals surface area contributed by atoms with Gasteiger partial charge in [0.2, 0.25) is 0 Å². The molecule has 2 aromatic rings. The number of nitrogens with zero attached hydrogens (tertiary/aromatic N) is 1. The molecule has 0 aliphatic carbocycles. The molecule has 0 amide bonds. The van der Waals surface area contributed by atoms with Gasteiger partial charge in [0.15, 0.2) is 11.5 Å². The van der Waals surface area contributed by atoms with Gasteiger partial charge >= 0.3 is 0 Å². The molecule has 0 radical (unpaired) electrons. The highest BCUT2D eigenvalue weighted by Gasteiger charge is 2.27. The molecule has 1 aliphatic rings. The molecular weight excluding hydrogens is 262 g/mol. The minimum Gasteiger partial charge on any atom is -0.493 e. The van der Waals surface area contributed by atoms with Gasteiger partial charge in [-0.2, -0.15) is 0 Å². The van der Waals surface area contributed by atoms with Crippen LogP contribution in [0.2, 0.25) is 0 Å². The Labute approximate surface area is 124 Å². The highest BCUT2D eigenvalue weighted by molar-refractivity contribution is 5.85. The third kappa shape index (κ3) is 2.18. The maximum atomic E-state index is 5.39. The van der Waals surface area contributed by atoms with Gasteiger partial charge in [0.25, 0.3) is 0 Å². The van der Waals surface area contributed by atoms with Crippen molar-refractivity contribution < 1.29 is 9.47 Å². The summed E-state index contributed by atoms with van der Waals surface area (Å²) < 4.78 is 10.8. The number of anilines is 1. The molecule has 0 saturated heterocycles. The van der Waals surface area contributed by atoms with Gasteiger partial charge in [0.05, 0.1) is 19.9 Å². The molecule has 0 atom stereocenters. The third-order valence-electron chi connectivity index (χ3n) is 3.70. The van der Waals surface area contributed by atoms with Crippen LogP contribution in [-0.2, 0) is 6.54 Å². The molecule has 0 unspecified atom stereocenters. The Hall–Kier alpha value is -2.64. The van der Waals surface area contributed by atoms with E-state index in [-0.39, 0.29) is 0 Å². The van der Waals surface area contributed by atoms with E-state index < -0.39 is 0 Å². The monoisotopic (exact) mass is 279 g/mol. The summed E-state index contributed by atoms with van der Waals surface area (Å²) in [6, 6.07) is 14.2. The molecule has 1 heterocycles. The molecular formula is C18H17NO2. The van der Waals surface area contributed by atoms with Crippen molar-refractivity contribution in [3.8, 4) is 11.5 Å². The zero-order valence-electron chi connectivity index (χ0n) is 12.2. The summed E-state index contributed by atoms with van der Waals surface area (Å²) in [5.74, 6) is 1.47. The zero-order chi connectivity index (χ0) is 14.8. The summed E-state index contributed by atoms with van der Waals surface area (Å²) in [6.45, 7) is 4.61. The predicted molar refractivity (Wildman–Crippen MR) is 84.7 cm³/mol. The molecule has 0 aromatic heterocycles. The number of ether oxygens (including phenoxy) is 2. The second-order valence-electron chi connectivity index (χ2n) is 4.81. The first-order chi connectivity index (χ1) is 10.3. The van der Waals surface area contributed by atoms with E-state index in [1.807, 2.05) is 30.3 Å². The summed E-state index contributed by atoms with van der Waals surface area (Å²) in [4.78, 5) is 2.19. The Balaban J connectivity index is 2.10. The molecule has 1 aliphatic heterocycles. The van der Waals surface area contributed by atoms with Gasteiger partial charge in [-0.15, -0.1) is 5.73 Å². The van der Waals surface area contributed by atoms with E-state index in [2.05, 4.69) is 29.3 Å². The molecule has 21 heavy (non-hydrogen) atoms. The van der Waals surface area contributed by atoms with Crippen LogP contribution in [0.5, 0.6) is 11.5 Å². The Kier molecular flexibility index (Phi) is 3.43. The molecule has 2 aromatic carbocycles. The van der Waals surface area contributed by atoms with Crippen LogP contribution in [-0.4, -0.2) is 14.2 Å². The number of hydrogen-bond donors (Lipinski definition) is 0. The number of methoxy groups -OCH3 is 2. The Bertz CT molecular complexity index is 715. The predicted octanol–water partition coefficient (Wildman–Crippen LogP) is 3.85. The number of para-hydroxylation sites is 1. The molecule has 0 fully saturated rings. The van der Waals surface area contributed by atoms with Crippen molar-refractivity contribution in [3.63, 3.8) is 0 Å². The van der Waals surface area contributed by atoms with E-state index in [4.69, 9.17) is 9.47 Å². The summed E-state index contributed by atoms with van der Waals surface area (Å²) in [6.07, 6.45) is 0. The van der Waals surface area contributed by atoms with Crippen molar-refractivity contribution in [2.75, 3.05) is 19.1 Å². The lowest BCUT2D eigenvalue weighted by molar-refractivity contribution is 0.354. The second-order valence-corrected chi connectivity index (χ2v) is 4.81. The van der Waals surface area contributed by atoms with Crippen molar-refractivity contribution in [1.29, 1.82) is 0 Å². The fraction of sp³-hybridized carbons (Fsp3) is 0.167. The zero-order valence-corrected chi connectivity index (χ0v) is 12.2. The fourth-order valence-corrected chi connectivity index (χ4v) is 2.69. The maximum absolute atomic E-state index is 5.39. The minimum absolute atomic E-state index is 0.721. The Morgan fingerprint density at radius 3 is 2.33 bits per heavy atom. The fourth-order valence-electron chi connectivity index (χ4n) is 2.69. The maximum Gasteiger partial charge on any atom is 0.161 e. The first-order valence-electron chi connectivity index (χ1n) is 6.76. The van der Waals surface area contributed by atoms with Gasteiger partial charge in [-0.25, -0.2) is 0 Å². The molecule has 3 nitrogen and oxygen atoms in total. The Morgan fingerprint density at radius 1 is 1.05 bits per heavy atom. The van der Waals surface area contributed by atoms with Crippen LogP contribution in [0, 0.1) is 0 Å². The van der Waals surface area contributed by atoms with E-state index in [0.29, 0.717) is 0 Å². The molecule has 3 rings (SSSR count). The highest BCUT2D eigenvalue weighted by Crippen LogP contribution is 2.41. The van der Waals surface area contributed by atoms with Crippen LogP contribution in [0.3, 0.4) is 0 Å². The number of fused-ring (bicyclic) bond motifs is 1. The van der Waals surface area contributed by atoms with Gasteiger partial charge in [0.1, 0.15) is 0 Å². The van der Waals surface area contributed by atoms with Crippen molar-refractivity contribution in [1.82, 2.24) is 0 Å². The average molecular weight is 279 g/mol. The molecule has 0 N–H and O–H groups in total. The van der Waals surface area contributed by atoms with Crippen LogP contribution in [0.25, 0.3) is 5.70 Å². The van der Waals surface area contributed by atoms with Gasteiger partial charge in [-0.3, -0.25) is 0 Å². The molecule has 106 valence electrons. The molecule has 0 spiro atoms. The quantitative estimate of drug-likeness (QED) is 0.797. The number of hydrogen-bond acceptors (Lipinski definition) is 3. The van der Waals surface area contributed by atoms with Gasteiger partial charge in [0, 0.05) is 17.8 Å². The van der Waals surface area contributed by atoms with Crippen molar-refractivity contribution in [2.45, 2.75) is 6.54 Å². The van der Waals surface area contributed by atoms with E-state index in [9.17, 15) is 0 Å². The van der Waals surface area contributed by atoms with E-state index in [1.54, 1.807) is 14.2 Å². The number of rotatable bonds is 3. The summed E-state index contributed by atoms with van der Waals surface area (Å²) in [5.41, 5.74) is 7.42. The molecule has 3 heteroatoms. The first kappa shape index (κ1) is 13.3. The van der Waals surface area contributed by atoms with Crippen LogP contribution in [0.4, 0.5) is 5.69 Å². The van der Waals surface area contributed by atoms with Crippen LogP contribution < -0.4 is 14.4 Å². The van der Waals surface area contributed by atoms with E-state index in [1.165, 1.54) is 5.56 Å². The molecule has 0 saturated carbocycles. The van der Waals surface area contributed by atoms with Gasteiger partial charge < -0.3 is 14.4 Å². The van der Waals surface area contributed by atoms with E-state index >= 15 is 0 Å². The largest absolute Gasteiger partial charge is 0.493 e. The van der Waals surface area contributed by atoms with E-state index in [0.717, 1.165) is 35.0 Å². The van der Waals surface area contributed by atoms with Crippen molar-refractivity contribution in [3.05, 3.63) is 65.9 Å². The first-order valence-corrected chi connectivity index (χ1v) is 6.76. The van der Waals surface area contributed by atoms with Crippen molar-refractivity contribution in [2.24, 2.45) is 0 Å². The minimum atomic E-state index is 0.721. The smallest absolute Gasteiger partial charge is 0.161 e. The van der Waals surface area contributed by atoms with Crippen LogP contribution in [0.15, 0.2) is 54.8 Å². The Morgan fingerprint density at radius 2 is 1.71 bits per heavy atom. The topological polar surface area (TPSA) is 21.7 Å². The van der Waals surface area contributed by atoms with Gasteiger partial charge in [-0.05, 0) is 29.8 Å². The standard InChI is InChI=1S/C18H17NO2/c1-4-16-15-11-18(21-3)17(20-2)10-13(15)12-19(16)14-8-6-5-7-9-14/h5-11H,1,12H2,2-3H3. The third-order valence-corrected chi connectivity index (χ3v) is 3.70. The van der Waals surface area contributed by atoms with Gasteiger partial charge in [-0.1, -0.05) is 24.8 Å². The summed E-state index contributed by atoms with van der Waals surface area (Å²) >= 11 is 0.